The minimum absolute atomic E-state index is 0.209. The Labute approximate surface area is 173 Å². The molecule has 0 bridgehead atoms. The fourth-order valence-electron chi connectivity index (χ4n) is 4.56. The Balaban J connectivity index is 1.30. The third-order valence-electron chi connectivity index (χ3n) is 6.17. The highest BCUT2D eigenvalue weighted by atomic mass is 32.1. The Hall–Kier alpha value is -2.32. The van der Waals surface area contributed by atoms with Gasteiger partial charge >= 0.3 is 0 Å². The van der Waals surface area contributed by atoms with Gasteiger partial charge in [-0.05, 0) is 44.8 Å². The maximum atomic E-state index is 12.1. The van der Waals surface area contributed by atoms with E-state index in [9.17, 15) is 9.59 Å². The Kier molecular flexibility index (Phi) is 5.05. The maximum Gasteiger partial charge on any atom is 0.259 e. The van der Waals surface area contributed by atoms with E-state index in [-0.39, 0.29) is 18.2 Å². The fraction of sp³-hybridized carbons (Fsp3) is 0.524. The van der Waals surface area contributed by atoms with Crippen LogP contribution >= 0.6 is 11.3 Å². The van der Waals surface area contributed by atoms with Crippen LogP contribution in [0.3, 0.4) is 0 Å². The van der Waals surface area contributed by atoms with Crippen molar-refractivity contribution in [3.8, 4) is 0 Å². The number of anilines is 1. The predicted octanol–water partition coefficient (Wildman–Crippen LogP) is 2.58. The van der Waals surface area contributed by atoms with E-state index in [1.165, 1.54) is 45.2 Å². The number of thiazole rings is 1. The molecule has 0 aliphatic carbocycles. The van der Waals surface area contributed by atoms with Crippen LogP contribution in [0.15, 0.2) is 18.3 Å². The molecule has 0 unspecified atom stereocenters. The first-order valence-electron chi connectivity index (χ1n) is 10.5. The van der Waals surface area contributed by atoms with E-state index in [0.717, 1.165) is 28.4 Å². The number of amides is 2. The zero-order valence-electron chi connectivity index (χ0n) is 16.4. The molecular formula is C21H25N5O2S. The molecule has 2 saturated heterocycles. The van der Waals surface area contributed by atoms with Gasteiger partial charge in [0.1, 0.15) is 5.52 Å². The van der Waals surface area contributed by atoms with Crippen LogP contribution in [-0.2, 0) is 9.59 Å². The number of rotatable bonds is 3. The van der Waals surface area contributed by atoms with Gasteiger partial charge in [0, 0.05) is 25.6 Å². The summed E-state index contributed by atoms with van der Waals surface area (Å²) in [4.78, 5) is 37.7. The number of nitrogens with zero attached hydrogens (tertiary/aromatic N) is 4. The molecule has 2 amide bonds. The average molecular weight is 412 g/mol. The first-order chi connectivity index (χ1) is 14.2. The number of fused-ring (bicyclic) bond motifs is 1. The van der Waals surface area contributed by atoms with Crippen molar-refractivity contribution in [2.24, 2.45) is 0 Å². The summed E-state index contributed by atoms with van der Waals surface area (Å²) in [6.07, 6.45) is 10.1. The van der Waals surface area contributed by atoms with Gasteiger partial charge in [0.15, 0.2) is 5.13 Å². The highest BCUT2D eigenvalue weighted by molar-refractivity contribution is 7.22. The van der Waals surface area contributed by atoms with E-state index in [4.69, 9.17) is 4.98 Å². The minimum Gasteiger partial charge on any atom is -0.348 e. The lowest BCUT2D eigenvalue weighted by molar-refractivity contribution is -0.127. The van der Waals surface area contributed by atoms with Crippen LogP contribution in [0.25, 0.3) is 15.8 Å². The quantitative estimate of drug-likeness (QED) is 0.782. The number of carbonyl (C=O) groups is 2. The van der Waals surface area contributed by atoms with Gasteiger partial charge in [0.2, 0.25) is 5.91 Å². The standard InChI is InChI=1S/C21H25N5O2S/c27-19-5-4-15(20(28)24-19)16-12-18-17(13-22-16)23-21(29-18)26-10-6-14(7-11-26)25-8-2-1-3-9-25/h4,12-14H,1-3,5-11H2,(H,24,27,28). The van der Waals surface area contributed by atoms with Crippen LogP contribution in [0.1, 0.15) is 44.2 Å². The Morgan fingerprint density at radius 1 is 1.07 bits per heavy atom. The number of piperidine rings is 2. The number of carbonyl (C=O) groups excluding carboxylic acids is 2. The lowest BCUT2D eigenvalue weighted by Gasteiger charge is -2.40. The molecule has 3 aliphatic heterocycles. The van der Waals surface area contributed by atoms with Gasteiger partial charge in [-0.15, -0.1) is 0 Å². The number of imide groups is 1. The highest BCUT2D eigenvalue weighted by Crippen LogP contribution is 2.33. The Morgan fingerprint density at radius 2 is 1.86 bits per heavy atom. The third kappa shape index (κ3) is 3.79. The molecule has 0 saturated carbocycles. The lowest BCUT2D eigenvalue weighted by atomic mass is 10.0. The van der Waals surface area contributed by atoms with Crippen molar-refractivity contribution in [1.29, 1.82) is 0 Å². The third-order valence-corrected chi connectivity index (χ3v) is 7.25. The van der Waals surface area contributed by atoms with Crippen molar-refractivity contribution in [2.75, 3.05) is 31.1 Å². The largest absolute Gasteiger partial charge is 0.348 e. The molecule has 2 aromatic heterocycles. The molecule has 5 heterocycles. The summed E-state index contributed by atoms with van der Waals surface area (Å²) >= 11 is 1.66. The lowest BCUT2D eigenvalue weighted by Crippen LogP contribution is -2.46. The van der Waals surface area contributed by atoms with Crippen LogP contribution in [-0.4, -0.2) is 58.9 Å². The minimum atomic E-state index is -0.377. The van der Waals surface area contributed by atoms with Gasteiger partial charge in [0.25, 0.3) is 5.91 Å². The van der Waals surface area contributed by atoms with Crippen LogP contribution < -0.4 is 10.2 Å². The molecule has 152 valence electrons. The summed E-state index contributed by atoms with van der Waals surface area (Å²) in [5.41, 5.74) is 1.92. The molecule has 5 rings (SSSR count). The van der Waals surface area contributed by atoms with E-state index in [2.05, 4.69) is 20.1 Å². The second-order valence-electron chi connectivity index (χ2n) is 8.05. The summed E-state index contributed by atoms with van der Waals surface area (Å²) < 4.78 is 1.02. The summed E-state index contributed by atoms with van der Waals surface area (Å²) in [6.45, 7) is 4.60. The first-order valence-corrected chi connectivity index (χ1v) is 11.3. The molecular weight excluding hydrogens is 386 g/mol. The molecule has 1 N–H and O–H groups in total. The van der Waals surface area contributed by atoms with Gasteiger partial charge in [-0.3, -0.25) is 19.9 Å². The van der Waals surface area contributed by atoms with Gasteiger partial charge in [0.05, 0.1) is 22.2 Å². The molecule has 2 fully saturated rings. The number of hydrogen-bond acceptors (Lipinski definition) is 7. The molecule has 8 heteroatoms. The zero-order chi connectivity index (χ0) is 19.8. The summed E-state index contributed by atoms with van der Waals surface area (Å²) in [7, 11) is 0. The topological polar surface area (TPSA) is 78.4 Å². The van der Waals surface area contributed by atoms with Crippen LogP contribution in [0.2, 0.25) is 0 Å². The van der Waals surface area contributed by atoms with Crippen molar-refractivity contribution in [1.82, 2.24) is 20.2 Å². The zero-order valence-corrected chi connectivity index (χ0v) is 17.2. The molecule has 0 spiro atoms. The molecule has 3 aliphatic rings. The number of nitrogens with one attached hydrogen (secondary N) is 1. The number of likely N-dealkylation sites (tertiary alicyclic amines) is 1. The van der Waals surface area contributed by atoms with Gasteiger partial charge < -0.3 is 9.80 Å². The van der Waals surface area contributed by atoms with E-state index >= 15 is 0 Å². The predicted molar refractivity (Wildman–Crippen MR) is 114 cm³/mol. The molecule has 0 atom stereocenters. The number of hydrogen-bond donors (Lipinski definition) is 1. The highest BCUT2D eigenvalue weighted by Gasteiger charge is 2.27. The van der Waals surface area contributed by atoms with E-state index in [1.807, 2.05) is 6.07 Å². The number of pyridine rings is 1. The molecule has 29 heavy (non-hydrogen) atoms. The van der Waals surface area contributed by atoms with Crippen molar-refractivity contribution in [3.63, 3.8) is 0 Å². The van der Waals surface area contributed by atoms with E-state index in [0.29, 0.717) is 17.3 Å². The van der Waals surface area contributed by atoms with Crippen molar-refractivity contribution >= 4 is 44.1 Å². The SMILES string of the molecule is O=C1CC=C(c2cc3sc(N4CCC(N5CCCCC5)CC4)nc3cn2)C(=O)N1. The smallest absolute Gasteiger partial charge is 0.259 e. The molecule has 2 aromatic rings. The van der Waals surface area contributed by atoms with Crippen molar-refractivity contribution in [3.05, 3.63) is 24.0 Å². The van der Waals surface area contributed by atoms with Crippen molar-refractivity contribution < 1.29 is 9.59 Å². The summed E-state index contributed by atoms with van der Waals surface area (Å²) in [5.74, 6) is -0.648. The van der Waals surface area contributed by atoms with Crippen LogP contribution in [0, 0.1) is 0 Å². The Bertz CT molecular complexity index is 971. The van der Waals surface area contributed by atoms with E-state index < -0.39 is 0 Å². The van der Waals surface area contributed by atoms with Crippen molar-refractivity contribution in [2.45, 2.75) is 44.6 Å². The maximum absolute atomic E-state index is 12.1. The number of aromatic nitrogens is 2. The van der Waals surface area contributed by atoms with Crippen LogP contribution in [0.4, 0.5) is 5.13 Å². The second-order valence-corrected chi connectivity index (χ2v) is 9.06. The first kappa shape index (κ1) is 18.7. The monoisotopic (exact) mass is 411 g/mol. The van der Waals surface area contributed by atoms with E-state index in [1.54, 1.807) is 23.6 Å². The fourth-order valence-corrected chi connectivity index (χ4v) is 5.59. The van der Waals surface area contributed by atoms with Crippen LogP contribution in [0.5, 0.6) is 0 Å². The van der Waals surface area contributed by atoms with Gasteiger partial charge in [-0.25, -0.2) is 4.98 Å². The average Bonchev–Trinajstić information content (AvgIpc) is 3.18. The second kappa shape index (κ2) is 7.84. The molecule has 0 radical (unpaired) electrons. The summed E-state index contributed by atoms with van der Waals surface area (Å²) in [6, 6.07) is 2.63. The van der Waals surface area contributed by atoms with Gasteiger partial charge in [-0.1, -0.05) is 23.8 Å². The normalized spacial score (nSPS) is 22.1. The molecule has 0 aromatic carbocycles. The Morgan fingerprint density at radius 3 is 2.62 bits per heavy atom. The molecule has 7 nitrogen and oxygen atoms in total. The van der Waals surface area contributed by atoms with Gasteiger partial charge in [-0.2, -0.15) is 0 Å². The summed E-state index contributed by atoms with van der Waals surface area (Å²) in [5, 5.41) is 3.39.